The van der Waals surface area contributed by atoms with E-state index in [4.69, 9.17) is 27.8 Å². The first kappa shape index (κ1) is 58.9. The molecule has 396 valence electrons. The molecule has 4 N–H and O–H groups in total. The molecule has 0 spiro atoms. The lowest BCUT2D eigenvalue weighted by Gasteiger charge is -2.44. The largest absolute Gasteiger partial charge is 0.497 e. The van der Waals surface area contributed by atoms with E-state index in [9.17, 15) is 29.1 Å². The van der Waals surface area contributed by atoms with Crippen molar-refractivity contribution in [3.8, 4) is 5.75 Å². The summed E-state index contributed by atoms with van der Waals surface area (Å²) in [5.74, 6) is -0.446. The molecule has 1 aromatic heterocycles. The summed E-state index contributed by atoms with van der Waals surface area (Å²) in [6.07, 6.45) is -4.78. The molecule has 17 nitrogen and oxygen atoms in total. The highest BCUT2D eigenvalue weighted by molar-refractivity contribution is 6.74. The van der Waals surface area contributed by atoms with E-state index in [1.807, 2.05) is 44.2 Å². The molecule has 2 heterocycles. The molecule has 7 atom stereocenters. The number of amides is 2. The SMILES string of the molecule is COc1ccc(Cn2c(=O)ccn([C@@H]3OC([C@H](O)[C@H](NCCCNC(=O)[C@@H](CC(C)C)NC(=O)OCc4ccccc4)C(=O)OC(C)(C)C)[C@@H](O[Si](C)(C)C(C)(C)C)[C@H]3O[Si](C)(C)C(C)(C)C)c2=O)cc1. The van der Waals surface area contributed by atoms with Crippen LogP contribution in [0.5, 0.6) is 5.75 Å². The number of methoxy groups -OCH3 is 1. The van der Waals surface area contributed by atoms with Crippen LogP contribution in [-0.2, 0) is 45.8 Å². The van der Waals surface area contributed by atoms with E-state index in [0.29, 0.717) is 24.2 Å². The molecule has 0 bridgehead atoms. The predicted octanol–water partition coefficient (Wildman–Crippen LogP) is 7.25. The van der Waals surface area contributed by atoms with E-state index < -0.39 is 94.2 Å². The highest BCUT2D eigenvalue weighted by atomic mass is 28.4. The summed E-state index contributed by atoms with van der Waals surface area (Å²) in [6, 6.07) is 15.3. The molecule has 0 aliphatic carbocycles. The fourth-order valence-electron chi connectivity index (χ4n) is 7.43. The quantitative estimate of drug-likeness (QED) is 0.0445. The number of rotatable bonds is 22. The molecule has 3 aromatic rings. The fraction of sp³-hybridized carbons (Fsp3) is 0.635. The van der Waals surface area contributed by atoms with Crippen molar-refractivity contribution in [2.24, 2.45) is 5.92 Å². The zero-order chi connectivity index (χ0) is 53.3. The number of carbonyl (C=O) groups is 3. The van der Waals surface area contributed by atoms with Crippen LogP contribution in [0.2, 0.25) is 36.3 Å². The monoisotopic (exact) mass is 1030 g/mol. The standard InChI is InChI=1S/C52H83N5O12Si2/c1-34(2)31-38(55-48(62)65-33-36-21-18-17-19-22-36)45(60)54-29-20-28-53-40(47(61)67-50(3,4)5)41(59)42-43(68-70(13,14)51(6,7)8)44(69-71(15,16)52(9,10)11)46(66-42)56-30-27-39(58)57(49(56)63)32-35-23-25-37(64-12)26-24-35/h17-19,21-27,30,34,38,40-44,46,53,59H,20,28-29,31-33H2,1-16H3,(H,54,60)(H,55,62)/t38-,40+,41-,42?,43-,44-,46-/m1/s1. The zero-order valence-corrected chi connectivity index (χ0v) is 47.0. The van der Waals surface area contributed by atoms with Crippen LogP contribution >= 0.6 is 0 Å². The Labute approximate surface area is 422 Å². The summed E-state index contributed by atoms with van der Waals surface area (Å²) in [7, 11) is -3.95. The van der Waals surface area contributed by atoms with Crippen molar-refractivity contribution in [2.75, 3.05) is 20.2 Å². The lowest BCUT2D eigenvalue weighted by Crippen LogP contribution is -2.59. The molecule has 1 saturated heterocycles. The minimum absolute atomic E-state index is 0.0415. The summed E-state index contributed by atoms with van der Waals surface area (Å²) in [4.78, 5) is 68.6. The molecule has 0 saturated carbocycles. The lowest BCUT2D eigenvalue weighted by atomic mass is 9.99. The van der Waals surface area contributed by atoms with Gasteiger partial charge < -0.3 is 48.9 Å². The number of nitrogens with zero attached hydrogens (tertiary/aromatic N) is 2. The number of aliphatic hydroxyl groups is 1. The Bertz CT molecular complexity index is 2340. The smallest absolute Gasteiger partial charge is 0.408 e. The van der Waals surface area contributed by atoms with Crippen LogP contribution < -0.4 is 31.9 Å². The summed E-state index contributed by atoms with van der Waals surface area (Å²) in [5, 5.41) is 20.9. The van der Waals surface area contributed by atoms with Crippen LogP contribution in [0.1, 0.15) is 106 Å². The van der Waals surface area contributed by atoms with E-state index in [2.05, 4.69) is 83.7 Å². The Kier molecular flexibility index (Phi) is 20.2. The number of benzene rings is 2. The van der Waals surface area contributed by atoms with Crippen molar-refractivity contribution in [3.63, 3.8) is 0 Å². The van der Waals surface area contributed by atoms with Crippen molar-refractivity contribution < 1.29 is 47.3 Å². The third-order valence-electron chi connectivity index (χ3n) is 13.5. The van der Waals surface area contributed by atoms with Gasteiger partial charge in [-0.1, -0.05) is 97.9 Å². The van der Waals surface area contributed by atoms with Crippen LogP contribution in [0.4, 0.5) is 4.79 Å². The molecule has 71 heavy (non-hydrogen) atoms. The van der Waals surface area contributed by atoms with Crippen LogP contribution in [0.3, 0.4) is 0 Å². The lowest BCUT2D eigenvalue weighted by molar-refractivity contribution is -0.166. The average Bonchev–Trinajstić information content (AvgIpc) is 3.59. The van der Waals surface area contributed by atoms with Gasteiger partial charge >= 0.3 is 17.8 Å². The normalized spacial score (nSPS) is 19.2. The van der Waals surface area contributed by atoms with Gasteiger partial charge in [0.2, 0.25) is 5.91 Å². The summed E-state index contributed by atoms with van der Waals surface area (Å²) in [6.45, 7) is 30.2. The van der Waals surface area contributed by atoms with Crippen LogP contribution in [0, 0.1) is 5.92 Å². The highest BCUT2D eigenvalue weighted by Crippen LogP contribution is 2.46. The number of carbonyl (C=O) groups excluding carboxylic acids is 3. The number of ether oxygens (including phenoxy) is 4. The van der Waals surface area contributed by atoms with Crippen LogP contribution in [0.25, 0.3) is 0 Å². The van der Waals surface area contributed by atoms with Crippen molar-refractivity contribution in [2.45, 2.75) is 187 Å². The first-order chi connectivity index (χ1) is 32.9. The number of nitrogens with one attached hydrogen (secondary N) is 3. The third kappa shape index (κ3) is 16.4. The Morgan fingerprint density at radius 2 is 1.39 bits per heavy atom. The average molecular weight is 1030 g/mol. The topological polar surface area (TPSA) is 207 Å². The number of alkyl carbamates (subject to hydrolysis) is 1. The minimum Gasteiger partial charge on any atom is -0.497 e. The van der Waals surface area contributed by atoms with E-state index in [0.717, 1.165) is 10.1 Å². The molecular formula is C52H83N5O12Si2. The second-order valence-corrected chi connectivity index (χ2v) is 32.5. The van der Waals surface area contributed by atoms with Gasteiger partial charge in [-0.2, -0.15) is 0 Å². The van der Waals surface area contributed by atoms with Gasteiger partial charge in [0.05, 0.1) is 13.7 Å². The van der Waals surface area contributed by atoms with E-state index >= 15 is 0 Å². The summed E-state index contributed by atoms with van der Waals surface area (Å²) in [5.41, 5.74) is -0.630. The van der Waals surface area contributed by atoms with Gasteiger partial charge in [-0.25, -0.2) is 9.59 Å². The molecule has 2 amide bonds. The van der Waals surface area contributed by atoms with Crippen molar-refractivity contribution in [1.82, 2.24) is 25.1 Å². The van der Waals surface area contributed by atoms with Gasteiger partial charge in [0, 0.05) is 18.8 Å². The van der Waals surface area contributed by atoms with Gasteiger partial charge in [-0.05, 0) is 106 Å². The molecule has 1 unspecified atom stereocenters. The maximum absolute atomic E-state index is 14.7. The highest BCUT2D eigenvalue weighted by Gasteiger charge is 2.58. The Hall–Kier alpha value is -4.64. The molecule has 19 heteroatoms. The number of aliphatic hydroxyl groups excluding tert-OH is 1. The molecule has 1 fully saturated rings. The molecular weight excluding hydrogens is 943 g/mol. The second kappa shape index (κ2) is 24.4. The first-order valence-electron chi connectivity index (χ1n) is 24.7. The zero-order valence-electron chi connectivity index (χ0n) is 45.0. The van der Waals surface area contributed by atoms with Crippen LogP contribution in [-0.4, -0.2) is 111 Å². The van der Waals surface area contributed by atoms with E-state index in [1.54, 1.807) is 52.1 Å². The number of hydrogen-bond donors (Lipinski definition) is 4. The van der Waals surface area contributed by atoms with Crippen LogP contribution in [0.15, 0.2) is 76.4 Å². The summed E-state index contributed by atoms with van der Waals surface area (Å²) >= 11 is 0. The molecule has 1 aliphatic heterocycles. The van der Waals surface area contributed by atoms with Gasteiger partial charge in [0.15, 0.2) is 22.9 Å². The minimum atomic E-state index is -2.76. The maximum Gasteiger partial charge on any atom is 0.408 e. The second-order valence-electron chi connectivity index (χ2n) is 22.9. The van der Waals surface area contributed by atoms with Crippen molar-refractivity contribution >= 4 is 34.6 Å². The fourth-order valence-corrected chi connectivity index (χ4v) is 10.0. The van der Waals surface area contributed by atoms with Gasteiger partial charge in [0.25, 0.3) is 5.56 Å². The molecule has 0 radical (unpaired) electrons. The third-order valence-corrected chi connectivity index (χ3v) is 22.4. The Morgan fingerprint density at radius 3 is 1.94 bits per heavy atom. The maximum atomic E-state index is 14.7. The van der Waals surface area contributed by atoms with Gasteiger partial charge in [0.1, 0.15) is 54.5 Å². The molecule has 2 aromatic carbocycles. The predicted molar refractivity (Wildman–Crippen MR) is 279 cm³/mol. The Balaban J connectivity index is 1.69. The van der Waals surface area contributed by atoms with Gasteiger partial charge in [-0.3, -0.25) is 23.5 Å². The Morgan fingerprint density at radius 1 is 0.803 bits per heavy atom. The van der Waals surface area contributed by atoms with Gasteiger partial charge in [-0.15, -0.1) is 0 Å². The molecule has 1 aliphatic rings. The number of aromatic nitrogens is 2. The first-order valence-corrected chi connectivity index (χ1v) is 30.5. The van der Waals surface area contributed by atoms with Crippen molar-refractivity contribution in [3.05, 3.63) is 98.8 Å². The van der Waals surface area contributed by atoms with Crippen molar-refractivity contribution in [1.29, 1.82) is 0 Å². The van der Waals surface area contributed by atoms with E-state index in [1.165, 1.54) is 16.8 Å². The number of hydrogen-bond acceptors (Lipinski definition) is 13. The molecule has 4 rings (SSSR count). The summed E-state index contributed by atoms with van der Waals surface area (Å²) < 4.78 is 40.4. The number of esters is 1. The van der Waals surface area contributed by atoms with E-state index in [-0.39, 0.29) is 42.2 Å².